The number of carbonyl (C=O) groups is 1. The van der Waals surface area contributed by atoms with Crippen LogP contribution >= 0.6 is 0 Å². The lowest BCUT2D eigenvalue weighted by molar-refractivity contribution is 0.0988. The van der Waals surface area contributed by atoms with Crippen molar-refractivity contribution in [2.75, 3.05) is 17.7 Å². The first-order valence-corrected chi connectivity index (χ1v) is 4.81. The predicted octanol–water partition coefficient (Wildman–Crippen LogP) is 1.27. The molecule has 0 atom stereocenters. The van der Waals surface area contributed by atoms with Crippen LogP contribution in [0.5, 0.6) is 0 Å². The molecule has 3 N–H and O–H groups in total. The Kier molecular flexibility index (Phi) is 2.59. The van der Waals surface area contributed by atoms with Crippen LogP contribution < -0.4 is 10.6 Å². The number of pyridine rings is 1. The second kappa shape index (κ2) is 4.06. The quantitative estimate of drug-likeness (QED) is 0.793. The molecule has 5 heteroatoms. The maximum absolute atomic E-state index is 12.0. The van der Waals surface area contributed by atoms with Gasteiger partial charge in [0.15, 0.2) is 0 Å². The number of H-pyrrole nitrogens is 1. The van der Waals surface area contributed by atoms with Crippen molar-refractivity contribution in [1.29, 1.82) is 0 Å². The highest BCUT2D eigenvalue weighted by molar-refractivity contribution is 6.04. The summed E-state index contributed by atoms with van der Waals surface area (Å²) in [4.78, 5) is 20.3. The van der Waals surface area contributed by atoms with E-state index in [1.807, 2.05) is 6.07 Å². The minimum Gasteiger partial charge on any atom is -0.397 e. The summed E-state index contributed by atoms with van der Waals surface area (Å²) in [5.41, 5.74) is 6.53. The van der Waals surface area contributed by atoms with Gasteiger partial charge in [-0.2, -0.15) is 0 Å². The van der Waals surface area contributed by atoms with Gasteiger partial charge in [0, 0.05) is 25.1 Å². The number of aromatic nitrogens is 2. The summed E-state index contributed by atoms with van der Waals surface area (Å²) in [5.74, 6) is 0.427. The molecule has 2 aromatic rings. The van der Waals surface area contributed by atoms with Crippen LogP contribution in [0.15, 0.2) is 36.7 Å². The molecule has 0 saturated heterocycles. The van der Waals surface area contributed by atoms with Crippen LogP contribution in [-0.2, 0) is 0 Å². The summed E-state index contributed by atoms with van der Waals surface area (Å²) < 4.78 is 0. The molecule has 5 nitrogen and oxygen atoms in total. The molecule has 16 heavy (non-hydrogen) atoms. The zero-order valence-corrected chi connectivity index (χ0v) is 8.84. The van der Waals surface area contributed by atoms with E-state index in [0.717, 1.165) is 0 Å². The molecule has 0 aliphatic heterocycles. The number of aromatic amines is 1. The zero-order chi connectivity index (χ0) is 11.5. The number of hydrogen-bond donors (Lipinski definition) is 2. The maximum atomic E-state index is 12.0. The number of rotatable bonds is 2. The zero-order valence-electron chi connectivity index (χ0n) is 8.84. The molecule has 0 unspecified atom stereocenters. The number of nitrogens with one attached hydrogen (secondary N) is 1. The highest BCUT2D eigenvalue weighted by Gasteiger charge is 2.15. The van der Waals surface area contributed by atoms with Gasteiger partial charge in [-0.1, -0.05) is 6.07 Å². The molecule has 0 spiro atoms. The molecule has 0 fully saturated rings. The summed E-state index contributed by atoms with van der Waals surface area (Å²) in [5, 5.41) is 0. The summed E-state index contributed by atoms with van der Waals surface area (Å²) in [6, 6.07) is 7.00. The molecule has 0 aliphatic carbocycles. The van der Waals surface area contributed by atoms with E-state index in [0.29, 0.717) is 17.2 Å². The van der Waals surface area contributed by atoms with Gasteiger partial charge in [0.05, 0.1) is 0 Å². The molecule has 0 radical (unpaired) electrons. The van der Waals surface area contributed by atoms with E-state index in [-0.39, 0.29) is 5.91 Å². The fourth-order valence-corrected chi connectivity index (χ4v) is 1.37. The van der Waals surface area contributed by atoms with Gasteiger partial charge in [-0.25, -0.2) is 4.98 Å². The van der Waals surface area contributed by atoms with E-state index in [1.165, 1.54) is 4.90 Å². The van der Waals surface area contributed by atoms with Crippen LogP contribution in [-0.4, -0.2) is 22.9 Å². The van der Waals surface area contributed by atoms with Crippen LogP contribution in [0.25, 0.3) is 0 Å². The smallest absolute Gasteiger partial charge is 0.275 e. The van der Waals surface area contributed by atoms with Gasteiger partial charge in [0.1, 0.15) is 11.5 Å². The average Bonchev–Trinajstić information content (AvgIpc) is 2.75. The van der Waals surface area contributed by atoms with E-state index in [4.69, 9.17) is 5.73 Å². The molecule has 1 amide bonds. The van der Waals surface area contributed by atoms with Crippen LogP contribution in [0.1, 0.15) is 10.5 Å². The number of hydrogen-bond acceptors (Lipinski definition) is 3. The van der Waals surface area contributed by atoms with E-state index in [9.17, 15) is 4.79 Å². The van der Waals surface area contributed by atoms with Crippen LogP contribution in [0.2, 0.25) is 0 Å². The number of nitrogen functional groups attached to an aromatic ring is 1. The largest absolute Gasteiger partial charge is 0.397 e. The van der Waals surface area contributed by atoms with Crippen molar-refractivity contribution in [3.05, 3.63) is 42.4 Å². The molecule has 82 valence electrons. The number of amides is 1. The van der Waals surface area contributed by atoms with Gasteiger partial charge in [-0.15, -0.1) is 0 Å². The highest BCUT2D eigenvalue weighted by atomic mass is 16.2. The van der Waals surface area contributed by atoms with Crippen LogP contribution in [0.4, 0.5) is 11.5 Å². The number of nitrogens with zero attached hydrogens (tertiary/aromatic N) is 2. The van der Waals surface area contributed by atoms with Crippen molar-refractivity contribution in [2.45, 2.75) is 0 Å². The first kappa shape index (κ1) is 10.2. The molecule has 0 saturated carbocycles. The van der Waals surface area contributed by atoms with Crippen molar-refractivity contribution in [1.82, 2.24) is 9.97 Å². The number of nitrogens with two attached hydrogens (primary N) is 1. The predicted molar refractivity (Wildman–Crippen MR) is 62.2 cm³/mol. The molecule has 2 aromatic heterocycles. The minimum absolute atomic E-state index is 0.171. The second-order valence-electron chi connectivity index (χ2n) is 3.40. The summed E-state index contributed by atoms with van der Waals surface area (Å²) in [6.07, 6.45) is 3.22. The SMILES string of the molecule is CN(C(=O)c1cc(N)c[nH]1)c1ccccn1. The Morgan fingerprint density at radius 1 is 1.50 bits per heavy atom. The summed E-state index contributed by atoms with van der Waals surface area (Å²) in [7, 11) is 1.67. The van der Waals surface area contributed by atoms with E-state index < -0.39 is 0 Å². The topological polar surface area (TPSA) is 75.0 Å². The molecular weight excluding hydrogens is 204 g/mol. The highest BCUT2D eigenvalue weighted by Crippen LogP contribution is 2.12. The molecule has 0 aliphatic rings. The lowest BCUT2D eigenvalue weighted by Gasteiger charge is -2.14. The normalized spacial score (nSPS) is 10.1. The Morgan fingerprint density at radius 2 is 2.31 bits per heavy atom. The van der Waals surface area contributed by atoms with Crippen LogP contribution in [0.3, 0.4) is 0 Å². The van der Waals surface area contributed by atoms with Crippen molar-refractivity contribution < 1.29 is 4.79 Å². The van der Waals surface area contributed by atoms with Crippen molar-refractivity contribution in [2.24, 2.45) is 0 Å². The molecule has 0 bridgehead atoms. The van der Waals surface area contributed by atoms with Gasteiger partial charge in [0.25, 0.3) is 5.91 Å². The summed E-state index contributed by atoms with van der Waals surface area (Å²) in [6.45, 7) is 0. The third kappa shape index (κ3) is 1.88. The third-order valence-electron chi connectivity index (χ3n) is 2.23. The number of anilines is 2. The molecule has 0 aromatic carbocycles. The van der Waals surface area contributed by atoms with E-state index in [1.54, 1.807) is 37.6 Å². The van der Waals surface area contributed by atoms with Gasteiger partial charge in [-0.3, -0.25) is 9.69 Å². The van der Waals surface area contributed by atoms with E-state index in [2.05, 4.69) is 9.97 Å². The van der Waals surface area contributed by atoms with Crippen LogP contribution in [0, 0.1) is 0 Å². The summed E-state index contributed by atoms with van der Waals surface area (Å²) >= 11 is 0. The van der Waals surface area contributed by atoms with Gasteiger partial charge in [0.2, 0.25) is 0 Å². The Labute approximate surface area is 92.9 Å². The monoisotopic (exact) mass is 216 g/mol. The first-order chi connectivity index (χ1) is 7.68. The Bertz CT molecular complexity index is 492. The number of carbonyl (C=O) groups excluding carboxylic acids is 1. The standard InChI is InChI=1S/C11H12N4O/c1-15(10-4-2-3-5-13-10)11(16)9-6-8(12)7-14-9/h2-7,14H,12H2,1H3. The fraction of sp³-hybridized carbons (Fsp3) is 0.0909. The Balaban J connectivity index is 2.23. The van der Waals surface area contributed by atoms with E-state index >= 15 is 0 Å². The van der Waals surface area contributed by atoms with Crippen molar-refractivity contribution in [3.8, 4) is 0 Å². The van der Waals surface area contributed by atoms with Gasteiger partial charge >= 0.3 is 0 Å². The molecule has 2 rings (SSSR count). The first-order valence-electron chi connectivity index (χ1n) is 4.81. The molecular formula is C11H12N4O. The third-order valence-corrected chi connectivity index (χ3v) is 2.23. The lowest BCUT2D eigenvalue weighted by Crippen LogP contribution is -2.27. The lowest BCUT2D eigenvalue weighted by atomic mass is 10.3. The maximum Gasteiger partial charge on any atom is 0.275 e. The Morgan fingerprint density at radius 3 is 2.88 bits per heavy atom. The minimum atomic E-state index is -0.171. The van der Waals surface area contributed by atoms with Crippen molar-refractivity contribution in [3.63, 3.8) is 0 Å². The fourth-order valence-electron chi connectivity index (χ4n) is 1.37. The van der Waals surface area contributed by atoms with Gasteiger partial charge < -0.3 is 10.7 Å². The average molecular weight is 216 g/mol. The van der Waals surface area contributed by atoms with Gasteiger partial charge in [-0.05, 0) is 18.2 Å². The second-order valence-corrected chi connectivity index (χ2v) is 3.40. The van der Waals surface area contributed by atoms with Crippen molar-refractivity contribution >= 4 is 17.4 Å². The Hall–Kier alpha value is -2.30. The molecule has 2 heterocycles.